The maximum absolute atomic E-state index is 13.1. The van der Waals surface area contributed by atoms with Crippen molar-refractivity contribution in [2.75, 3.05) is 13.2 Å². The molecule has 0 saturated carbocycles. The summed E-state index contributed by atoms with van der Waals surface area (Å²) in [7, 11) is 0. The number of amides is 1. The molecule has 4 heteroatoms. The van der Waals surface area contributed by atoms with Gasteiger partial charge in [-0.15, -0.1) is 0 Å². The Bertz CT molecular complexity index is 474. The maximum Gasteiger partial charge on any atom is 0.252 e. The van der Waals surface area contributed by atoms with E-state index in [-0.39, 0.29) is 18.1 Å². The van der Waals surface area contributed by atoms with Crippen LogP contribution in [0.4, 0.5) is 4.39 Å². The van der Waals surface area contributed by atoms with Crippen LogP contribution in [0, 0.1) is 17.7 Å². The van der Waals surface area contributed by atoms with E-state index < -0.39 is 5.82 Å². The van der Waals surface area contributed by atoms with Crippen LogP contribution in [0.2, 0.25) is 0 Å². The van der Waals surface area contributed by atoms with Gasteiger partial charge in [-0.2, -0.15) is 0 Å². The lowest BCUT2D eigenvalue weighted by atomic mass is 10.1. The van der Waals surface area contributed by atoms with Crippen molar-refractivity contribution in [3.63, 3.8) is 0 Å². The fraction of sp³-hybridized carbons (Fsp3) is 0.357. The number of aliphatic hydroxyl groups excluding tert-OH is 1. The average molecular weight is 249 g/mol. The number of benzene rings is 1. The summed E-state index contributed by atoms with van der Waals surface area (Å²) in [5.41, 5.74) is 0.701. The highest BCUT2D eigenvalue weighted by Gasteiger charge is 2.10. The summed E-state index contributed by atoms with van der Waals surface area (Å²) in [6.45, 7) is 2.44. The quantitative estimate of drug-likeness (QED) is 0.798. The number of hydrogen-bond acceptors (Lipinski definition) is 2. The summed E-state index contributed by atoms with van der Waals surface area (Å²) in [5.74, 6) is 4.68. The van der Waals surface area contributed by atoms with E-state index in [4.69, 9.17) is 5.11 Å². The Morgan fingerprint density at radius 1 is 1.50 bits per heavy atom. The van der Waals surface area contributed by atoms with E-state index >= 15 is 0 Å². The summed E-state index contributed by atoms with van der Waals surface area (Å²) in [6.07, 6.45) is 1.14. The molecule has 1 aromatic rings. The SMILES string of the molecule is CCCNC(=O)c1cc(F)ccc1C#CCCO. The van der Waals surface area contributed by atoms with E-state index in [1.807, 2.05) is 6.92 Å². The minimum absolute atomic E-state index is 0.0362. The Morgan fingerprint density at radius 2 is 2.28 bits per heavy atom. The van der Waals surface area contributed by atoms with Gasteiger partial charge in [0.2, 0.25) is 0 Å². The predicted octanol–water partition coefficient (Wildman–Crippen LogP) is 1.70. The average Bonchev–Trinajstić information content (AvgIpc) is 2.38. The van der Waals surface area contributed by atoms with Crippen molar-refractivity contribution in [1.29, 1.82) is 0 Å². The molecule has 0 aliphatic carbocycles. The van der Waals surface area contributed by atoms with Crippen LogP contribution >= 0.6 is 0 Å². The molecule has 0 radical (unpaired) electrons. The Balaban J connectivity index is 2.97. The highest BCUT2D eigenvalue weighted by Crippen LogP contribution is 2.10. The third kappa shape index (κ3) is 4.19. The normalized spacial score (nSPS) is 9.50. The van der Waals surface area contributed by atoms with Crippen molar-refractivity contribution < 1.29 is 14.3 Å². The second kappa shape index (κ2) is 7.46. The standard InChI is InChI=1S/C14H16FNO2/c1-2-8-16-14(18)13-10-12(15)7-6-11(13)5-3-4-9-17/h6-7,10,17H,2,4,8-9H2,1H3,(H,16,18). The molecule has 1 rings (SSSR count). The molecule has 2 N–H and O–H groups in total. The molecular weight excluding hydrogens is 233 g/mol. The van der Waals surface area contributed by atoms with Gasteiger partial charge in [0.15, 0.2) is 0 Å². The van der Waals surface area contributed by atoms with Crippen LogP contribution in [0.5, 0.6) is 0 Å². The Labute approximate surface area is 106 Å². The van der Waals surface area contributed by atoms with Crippen molar-refractivity contribution >= 4 is 5.91 Å². The van der Waals surface area contributed by atoms with Crippen molar-refractivity contribution in [2.45, 2.75) is 19.8 Å². The lowest BCUT2D eigenvalue weighted by Crippen LogP contribution is -2.25. The fourth-order valence-corrected chi connectivity index (χ4v) is 1.36. The van der Waals surface area contributed by atoms with Gasteiger partial charge in [0.25, 0.3) is 5.91 Å². The van der Waals surface area contributed by atoms with E-state index in [1.165, 1.54) is 18.2 Å². The van der Waals surface area contributed by atoms with Gasteiger partial charge in [0.1, 0.15) is 5.82 Å². The van der Waals surface area contributed by atoms with Crippen LogP contribution in [0.3, 0.4) is 0 Å². The van der Waals surface area contributed by atoms with Gasteiger partial charge in [-0.1, -0.05) is 18.8 Å². The first-order valence-corrected chi connectivity index (χ1v) is 5.86. The first-order chi connectivity index (χ1) is 8.69. The Hall–Kier alpha value is -1.86. The zero-order chi connectivity index (χ0) is 13.4. The second-order valence-corrected chi connectivity index (χ2v) is 3.72. The minimum Gasteiger partial charge on any atom is -0.395 e. The molecule has 1 amide bonds. The first kappa shape index (κ1) is 14.2. The van der Waals surface area contributed by atoms with E-state index in [0.29, 0.717) is 18.5 Å². The number of carbonyl (C=O) groups excluding carboxylic acids is 1. The fourth-order valence-electron chi connectivity index (χ4n) is 1.36. The summed E-state index contributed by atoms with van der Waals surface area (Å²) < 4.78 is 13.1. The number of hydrogen-bond donors (Lipinski definition) is 2. The van der Waals surface area contributed by atoms with Gasteiger partial charge in [-0.25, -0.2) is 4.39 Å². The molecule has 0 aromatic heterocycles. The summed E-state index contributed by atoms with van der Waals surface area (Å²) >= 11 is 0. The molecule has 0 bridgehead atoms. The van der Waals surface area contributed by atoms with Gasteiger partial charge in [-0.3, -0.25) is 4.79 Å². The Morgan fingerprint density at radius 3 is 2.94 bits per heavy atom. The summed E-state index contributed by atoms with van der Waals surface area (Å²) in [4.78, 5) is 11.8. The van der Waals surface area contributed by atoms with Gasteiger partial charge in [0, 0.05) is 18.5 Å². The highest BCUT2D eigenvalue weighted by atomic mass is 19.1. The smallest absolute Gasteiger partial charge is 0.252 e. The van der Waals surface area contributed by atoms with Crippen LogP contribution < -0.4 is 5.32 Å². The minimum atomic E-state index is -0.468. The van der Waals surface area contributed by atoms with Gasteiger partial charge >= 0.3 is 0 Å². The molecule has 0 atom stereocenters. The highest BCUT2D eigenvalue weighted by molar-refractivity contribution is 5.96. The van der Waals surface area contributed by atoms with E-state index in [0.717, 1.165) is 6.42 Å². The molecule has 0 aliphatic heterocycles. The number of aliphatic hydroxyl groups is 1. The topological polar surface area (TPSA) is 49.3 Å². The zero-order valence-electron chi connectivity index (χ0n) is 10.3. The largest absolute Gasteiger partial charge is 0.395 e. The first-order valence-electron chi connectivity index (χ1n) is 5.86. The number of carbonyl (C=O) groups is 1. The summed E-state index contributed by atoms with van der Waals surface area (Å²) in [5, 5.41) is 11.3. The van der Waals surface area contributed by atoms with Crippen LogP contribution in [0.15, 0.2) is 18.2 Å². The van der Waals surface area contributed by atoms with E-state index in [2.05, 4.69) is 17.2 Å². The van der Waals surface area contributed by atoms with Gasteiger partial charge < -0.3 is 10.4 Å². The van der Waals surface area contributed by atoms with Crippen molar-refractivity contribution in [3.05, 3.63) is 35.1 Å². The third-order valence-corrected chi connectivity index (χ3v) is 2.22. The van der Waals surface area contributed by atoms with E-state index in [1.54, 1.807) is 0 Å². The molecule has 0 heterocycles. The third-order valence-electron chi connectivity index (χ3n) is 2.22. The molecule has 18 heavy (non-hydrogen) atoms. The van der Waals surface area contributed by atoms with Crippen molar-refractivity contribution in [1.82, 2.24) is 5.32 Å². The lowest BCUT2D eigenvalue weighted by Gasteiger charge is -2.06. The molecule has 3 nitrogen and oxygen atoms in total. The van der Waals surface area contributed by atoms with Crippen molar-refractivity contribution in [3.8, 4) is 11.8 Å². The lowest BCUT2D eigenvalue weighted by molar-refractivity contribution is 0.0953. The molecular formula is C14H16FNO2. The molecule has 1 aromatic carbocycles. The molecule has 0 saturated heterocycles. The number of halogens is 1. The van der Waals surface area contributed by atoms with Crippen LogP contribution in [-0.2, 0) is 0 Å². The van der Waals surface area contributed by atoms with Crippen molar-refractivity contribution in [2.24, 2.45) is 0 Å². The Kier molecular flexibility index (Phi) is 5.89. The molecule has 96 valence electrons. The maximum atomic E-state index is 13.1. The second-order valence-electron chi connectivity index (χ2n) is 3.72. The van der Waals surface area contributed by atoms with Gasteiger partial charge in [0.05, 0.1) is 12.2 Å². The molecule has 0 unspecified atom stereocenters. The predicted molar refractivity (Wildman–Crippen MR) is 67.6 cm³/mol. The van der Waals surface area contributed by atoms with E-state index in [9.17, 15) is 9.18 Å². The van der Waals surface area contributed by atoms with Crippen LogP contribution in [-0.4, -0.2) is 24.2 Å². The number of nitrogens with one attached hydrogen (secondary N) is 1. The zero-order valence-corrected chi connectivity index (χ0v) is 10.3. The number of rotatable bonds is 4. The van der Waals surface area contributed by atoms with Crippen LogP contribution in [0.25, 0.3) is 0 Å². The summed E-state index contributed by atoms with van der Waals surface area (Å²) in [6, 6.07) is 3.91. The molecule has 0 spiro atoms. The van der Waals surface area contributed by atoms with Crippen LogP contribution in [0.1, 0.15) is 35.7 Å². The molecule has 0 aliphatic rings. The van der Waals surface area contributed by atoms with Gasteiger partial charge in [-0.05, 0) is 24.6 Å². The molecule has 0 fully saturated rings. The monoisotopic (exact) mass is 249 g/mol.